The number of fused-ring (bicyclic) bond motifs is 2. The van der Waals surface area contributed by atoms with E-state index in [4.69, 9.17) is 4.98 Å². The van der Waals surface area contributed by atoms with Crippen molar-refractivity contribution in [2.45, 2.75) is 79.1 Å². The molecule has 1 aliphatic rings. The number of hydrogen-bond donors (Lipinski definition) is 1. The van der Waals surface area contributed by atoms with Crippen LogP contribution in [-0.2, 0) is 23.3 Å². The van der Waals surface area contributed by atoms with Gasteiger partial charge in [-0.25, -0.2) is 19.4 Å². The Labute approximate surface area is 235 Å². The van der Waals surface area contributed by atoms with E-state index in [9.17, 15) is 9.59 Å². The van der Waals surface area contributed by atoms with Gasteiger partial charge in [-0.3, -0.25) is 14.5 Å². The summed E-state index contributed by atoms with van der Waals surface area (Å²) in [5.74, 6) is 0.720. The molecule has 10 nitrogen and oxygen atoms in total. The number of carbonyl (C=O) groups is 1. The summed E-state index contributed by atoms with van der Waals surface area (Å²) < 4.78 is 3.10. The van der Waals surface area contributed by atoms with Gasteiger partial charge in [0.25, 0.3) is 5.56 Å². The summed E-state index contributed by atoms with van der Waals surface area (Å²) in [6.45, 7) is 20.5. The molecule has 0 bridgehead atoms. The second-order valence-corrected chi connectivity index (χ2v) is 11.3. The number of benzene rings is 1. The van der Waals surface area contributed by atoms with Gasteiger partial charge in [-0.05, 0) is 64.0 Å². The maximum Gasteiger partial charge on any atom is 0.278 e. The quantitative estimate of drug-likeness (QED) is 0.139. The van der Waals surface area contributed by atoms with Gasteiger partial charge in [0.15, 0.2) is 11.5 Å². The molecule has 4 rings (SSSR count). The van der Waals surface area contributed by atoms with Crippen molar-refractivity contribution >= 4 is 34.9 Å². The van der Waals surface area contributed by atoms with Crippen LogP contribution >= 0.6 is 0 Å². The summed E-state index contributed by atoms with van der Waals surface area (Å²) in [6, 6.07) is 6.69. The van der Waals surface area contributed by atoms with Crippen molar-refractivity contribution < 1.29 is 4.79 Å². The van der Waals surface area contributed by atoms with Crippen LogP contribution in [0, 0.1) is 0 Å². The van der Waals surface area contributed by atoms with Crippen LogP contribution in [0.4, 0.5) is 11.6 Å². The number of rotatable bonds is 9. The minimum atomic E-state index is -0.272. The Hall–Kier alpha value is -4.05. The normalized spacial score (nSPS) is 15.7. The molecule has 3 aromatic rings. The van der Waals surface area contributed by atoms with Crippen LogP contribution < -0.4 is 10.9 Å². The van der Waals surface area contributed by atoms with Crippen LogP contribution in [0.2, 0.25) is 0 Å². The zero-order valence-electron chi connectivity index (χ0n) is 24.5. The molecule has 2 aromatic heterocycles. The maximum atomic E-state index is 13.3. The third kappa shape index (κ3) is 5.62. The molecule has 1 amide bonds. The number of carbonyl (C=O) groups excluding carboxylic acids is 1. The molecule has 0 aliphatic carbocycles. The van der Waals surface area contributed by atoms with Crippen molar-refractivity contribution in [2.75, 3.05) is 11.9 Å². The lowest BCUT2D eigenvalue weighted by molar-refractivity contribution is -0.119. The van der Waals surface area contributed by atoms with Crippen molar-refractivity contribution in [3.8, 4) is 0 Å². The highest BCUT2D eigenvalue weighted by Crippen LogP contribution is 2.36. The summed E-state index contributed by atoms with van der Waals surface area (Å²) in [6.07, 6.45) is 7.35. The van der Waals surface area contributed by atoms with Gasteiger partial charge in [-0.15, -0.1) is 6.58 Å². The number of aromatic nitrogens is 4. The number of nitrogens with one attached hydrogen (secondary N) is 1. The zero-order chi connectivity index (χ0) is 29.2. The first-order chi connectivity index (χ1) is 19.0. The molecule has 0 saturated carbocycles. The molecular formula is C30H40N8O2. The van der Waals surface area contributed by atoms with Gasteiger partial charge >= 0.3 is 0 Å². The second kappa shape index (κ2) is 11.6. The molecule has 0 radical (unpaired) electrons. The molecule has 0 spiro atoms. The standard InChI is InChI=1S/C30H40N8O2/c1-9-11-26(34-36(19-39)21(5)6)38-27-24(28(40)37(38)14-10-2)16-31-29(33-27)32-23-13-12-22-17-35(20(3)4)18-30(7,8)25(22)15-23/h9-13,15-16,19-21H,2,14,17-18H2,1,3-8H3,(H,31,32,33)/b11-9-,34-26+. The first-order valence-corrected chi connectivity index (χ1v) is 13.7. The lowest BCUT2D eigenvalue weighted by Gasteiger charge is -2.42. The Balaban J connectivity index is 1.81. The number of nitrogens with zero attached hydrogens (tertiary/aromatic N) is 7. The first kappa shape index (κ1) is 28.9. The second-order valence-electron chi connectivity index (χ2n) is 11.3. The molecule has 0 unspecified atom stereocenters. The summed E-state index contributed by atoms with van der Waals surface area (Å²) >= 11 is 0. The minimum Gasteiger partial charge on any atom is -0.324 e. The van der Waals surface area contributed by atoms with Crippen LogP contribution in [0.15, 0.2) is 59.1 Å². The third-order valence-corrected chi connectivity index (χ3v) is 7.16. The van der Waals surface area contributed by atoms with Gasteiger partial charge in [0.2, 0.25) is 12.4 Å². The largest absolute Gasteiger partial charge is 0.324 e. The van der Waals surface area contributed by atoms with Gasteiger partial charge in [0.05, 0.1) is 6.54 Å². The fourth-order valence-corrected chi connectivity index (χ4v) is 5.07. The predicted octanol–water partition coefficient (Wildman–Crippen LogP) is 4.63. The van der Waals surface area contributed by atoms with Crippen LogP contribution in [0.25, 0.3) is 11.0 Å². The lowest BCUT2D eigenvalue weighted by Crippen LogP contribution is -2.45. The summed E-state index contributed by atoms with van der Waals surface area (Å²) in [5, 5.41) is 9.52. The molecule has 1 N–H and O–H groups in total. The number of allylic oxidation sites excluding steroid dienone is 3. The van der Waals surface area contributed by atoms with E-state index in [1.54, 1.807) is 22.9 Å². The van der Waals surface area contributed by atoms with Crippen LogP contribution in [0.1, 0.15) is 59.6 Å². The van der Waals surface area contributed by atoms with Gasteiger partial charge in [-0.1, -0.05) is 32.1 Å². The molecule has 1 aromatic carbocycles. The Morgan fingerprint density at radius 3 is 2.65 bits per heavy atom. The number of hydrogen-bond acceptors (Lipinski definition) is 7. The van der Waals surface area contributed by atoms with Crippen molar-refractivity contribution in [1.82, 2.24) is 29.2 Å². The van der Waals surface area contributed by atoms with Gasteiger partial charge < -0.3 is 5.32 Å². The van der Waals surface area contributed by atoms with Crippen molar-refractivity contribution in [3.63, 3.8) is 0 Å². The van der Waals surface area contributed by atoms with Crippen molar-refractivity contribution in [1.29, 1.82) is 0 Å². The molecule has 0 saturated heterocycles. The van der Waals surface area contributed by atoms with Crippen molar-refractivity contribution in [2.24, 2.45) is 5.10 Å². The molecule has 0 fully saturated rings. The van der Waals surface area contributed by atoms with Gasteiger partial charge in [0.1, 0.15) is 5.39 Å². The average molecular weight is 545 g/mol. The van der Waals surface area contributed by atoms with E-state index in [1.807, 2.05) is 26.8 Å². The van der Waals surface area contributed by atoms with Gasteiger partial charge in [0, 0.05) is 42.5 Å². The highest BCUT2D eigenvalue weighted by molar-refractivity contribution is 5.99. The third-order valence-electron chi connectivity index (χ3n) is 7.16. The van der Waals surface area contributed by atoms with E-state index in [2.05, 4.69) is 66.7 Å². The lowest BCUT2D eigenvalue weighted by atomic mass is 9.78. The van der Waals surface area contributed by atoms with Crippen molar-refractivity contribution in [3.05, 3.63) is 70.7 Å². The molecule has 10 heteroatoms. The van der Waals surface area contributed by atoms with E-state index >= 15 is 0 Å². The number of amides is 1. The molecule has 1 aliphatic heterocycles. The molecule has 212 valence electrons. The van der Waals surface area contributed by atoms with E-state index in [0.717, 1.165) is 18.8 Å². The van der Waals surface area contributed by atoms with Crippen LogP contribution in [0.5, 0.6) is 0 Å². The highest BCUT2D eigenvalue weighted by Gasteiger charge is 2.33. The molecule has 40 heavy (non-hydrogen) atoms. The first-order valence-electron chi connectivity index (χ1n) is 13.7. The predicted molar refractivity (Wildman–Crippen MR) is 161 cm³/mol. The number of anilines is 2. The van der Waals surface area contributed by atoms with E-state index in [1.165, 1.54) is 27.0 Å². The molecule has 3 heterocycles. The van der Waals surface area contributed by atoms with E-state index in [0.29, 0.717) is 35.3 Å². The summed E-state index contributed by atoms with van der Waals surface area (Å²) in [7, 11) is 0. The highest BCUT2D eigenvalue weighted by atomic mass is 16.1. The monoisotopic (exact) mass is 544 g/mol. The van der Waals surface area contributed by atoms with Gasteiger partial charge in [-0.2, -0.15) is 10.1 Å². The molecular weight excluding hydrogens is 504 g/mol. The fourth-order valence-electron chi connectivity index (χ4n) is 5.07. The zero-order valence-corrected chi connectivity index (χ0v) is 24.5. The Bertz CT molecular complexity index is 1530. The SMILES string of the molecule is C=CCn1c(=O)c2cnc(Nc3ccc4c(c3)C(C)(C)CN(C(C)C)C4)nc2n1C(/C=C\C)=N/N(C=O)C(C)C. The van der Waals surface area contributed by atoms with Crippen LogP contribution in [-0.4, -0.2) is 60.1 Å². The summed E-state index contributed by atoms with van der Waals surface area (Å²) in [5.41, 5.74) is 3.58. The smallest absolute Gasteiger partial charge is 0.278 e. The van der Waals surface area contributed by atoms with E-state index in [-0.39, 0.29) is 23.6 Å². The maximum absolute atomic E-state index is 13.3. The summed E-state index contributed by atoms with van der Waals surface area (Å²) in [4.78, 5) is 36.8. The van der Waals surface area contributed by atoms with Crippen LogP contribution in [0.3, 0.4) is 0 Å². The minimum absolute atomic E-state index is 0.0124. The Kier molecular flexibility index (Phi) is 8.39. The number of hydrazone groups is 1. The van der Waals surface area contributed by atoms with E-state index < -0.39 is 0 Å². The fraction of sp³-hybridized carbons (Fsp3) is 0.433. The molecule has 0 atom stereocenters. The Morgan fingerprint density at radius 1 is 1.27 bits per heavy atom. The average Bonchev–Trinajstić information content (AvgIpc) is 3.17. The Morgan fingerprint density at radius 2 is 2.02 bits per heavy atom. The topological polar surface area (TPSA) is 101 Å².